The van der Waals surface area contributed by atoms with Crippen LogP contribution in [0.3, 0.4) is 0 Å². The molecular formula is C18H27N3O4. The fourth-order valence-electron chi connectivity index (χ4n) is 2.77. The standard InChI is InChI=1S/C18H27N3O4/c1-4-21(12-14-8-7-11-25-14)17(22)19-15-9-6-10-16(13(15)3)20-18(23)24-5-2/h6,9-10,14H,4-5,7-8,11-12H2,1-3H3,(H,19,22)(H,20,23). The monoisotopic (exact) mass is 349 g/mol. The Bertz CT molecular complexity index is 600. The lowest BCUT2D eigenvalue weighted by Gasteiger charge is -2.25. The van der Waals surface area contributed by atoms with Crippen LogP contribution < -0.4 is 10.6 Å². The zero-order valence-corrected chi connectivity index (χ0v) is 15.1. The Labute approximate surface area is 148 Å². The molecule has 1 aromatic rings. The van der Waals surface area contributed by atoms with Crippen LogP contribution in [0.2, 0.25) is 0 Å². The van der Waals surface area contributed by atoms with Crippen molar-refractivity contribution in [2.75, 3.05) is 36.9 Å². The summed E-state index contributed by atoms with van der Waals surface area (Å²) in [6, 6.07) is 5.19. The van der Waals surface area contributed by atoms with Gasteiger partial charge in [-0.25, -0.2) is 9.59 Å². The van der Waals surface area contributed by atoms with Crippen molar-refractivity contribution in [1.82, 2.24) is 4.90 Å². The Morgan fingerprint density at radius 3 is 2.60 bits per heavy atom. The maximum atomic E-state index is 12.6. The molecule has 0 saturated carbocycles. The predicted molar refractivity (Wildman–Crippen MR) is 97.1 cm³/mol. The van der Waals surface area contributed by atoms with Crippen LogP contribution in [0.25, 0.3) is 0 Å². The van der Waals surface area contributed by atoms with Crippen LogP contribution in [-0.4, -0.2) is 49.4 Å². The van der Waals surface area contributed by atoms with Crippen LogP contribution in [0.1, 0.15) is 32.3 Å². The summed E-state index contributed by atoms with van der Waals surface area (Å²) >= 11 is 0. The molecular weight excluding hydrogens is 322 g/mol. The van der Waals surface area contributed by atoms with E-state index in [9.17, 15) is 9.59 Å². The number of urea groups is 1. The minimum atomic E-state index is -0.511. The third kappa shape index (κ3) is 5.35. The SMILES string of the molecule is CCOC(=O)Nc1cccc(NC(=O)N(CC)CC2CCCO2)c1C. The quantitative estimate of drug-likeness (QED) is 0.822. The fraction of sp³-hybridized carbons (Fsp3) is 0.556. The van der Waals surface area contributed by atoms with Crippen molar-refractivity contribution in [3.05, 3.63) is 23.8 Å². The minimum absolute atomic E-state index is 0.114. The third-order valence-electron chi connectivity index (χ3n) is 4.20. The summed E-state index contributed by atoms with van der Waals surface area (Å²) in [5.41, 5.74) is 2.04. The van der Waals surface area contributed by atoms with Gasteiger partial charge in [0.15, 0.2) is 0 Å². The lowest BCUT2D eigenvalue weighted by atomic mass is 10.1. The summed E-state index contributed by atoms with van der Waals surface area (Å²) in [7, 11) is 0. The van der Waals surface area contributed by atoms with Crippen LogP contribution in [-0.2, 0) is 9.47 Å². The number of rotatable bonds is 6. The Kier molecular flexibility index (Phi) is 7.06. The number of anilines is 2. The van der Waals surface area contributed by atoms with Gasteiger partial charge >= 0.3 is 12.1 Å². The van der Waals surface area contributed by atoms with Gasteiger partial charge in [0.2, 0.25) is 0 Å². The highest BCUT2D eigenvalue weighted by Gasteiger charge is 2.22. The van der Waals surface area contributed by atoms with Crippen molar-refractivity contribution in [2.45, 2.75) is 39.7 Å². The average molecular weight is 349 g/mol. The number of hydrogen-bond donors (Lipinski definition) is 2. The van der Waals surface area contributed by atoms with Crippen molar-refractivity contribution in [3.8, 4) is 0 Å². The van der Waals surface area contributed by atoms with Gasteiger partial charge in [-0.15, -0.1) is 0 Å². The van der Waals surface area contributed by atoms with Crippen LogP contribution in [0.4, 0.5) is 21.0 Å². The third-order valence-corrected chi connectivity index (χ3v) is 4.20. The first kappa shape index (κ1) is 19.1. The van der Waals surface area contributed by atoms with Gasteiger partial charge in [-0.05, 0) is 51.3 Å². The minimum Gasteiger partial charge on any atom is -0.450 e. The summed E-state index contributed by atoms with van der Waals surface area (Å²) in [4.78, 5) is 25.9. The first-order valence-electron chi connectivity index (χ1n) is 8.76. The van der Waals surface area contributed by atoms with E-state index in [1.165, 1.54) is 0 Å². The number of carbonyl (C=O) groups excluding carboxylic acids is 2. The molecule has 1 heterocycles. The molecule has 1 aliphatic heterocycles. The smallest absolute Gasteiger partial charge is 0.411 e. The molecule has 1 unspecified atom stereocenters. The number of likely N-dealkylation sites (N-methyl/N-ethyl adjacent to an activating group) is 1. The van der Waals surface area contributed by atoms with E-state index >= 15 is 0 Å². The molecule has 3 amide bonds. The largest absolute Gasteiger partial charge is 0.450 e. The number of amides is 3. The van der Waals surface area contributed by atoms with Gasteiger partial charge in [-0.2, -0.15) is 0 Å². The van der Waals surface area contributed by atoms with Crippen LogP contribution in [0, 0.1) is 6.92 Å². The Morgan fingerprint density at radius 1 is 1.28 bits per heavy atom. The van der Waals surface area contributed by atoms with Gasteiger partial charge in [0, 0.05) is 31.1 Å². The van der Waals surface area contributed by atoms with Crippen LogP contribution >= 0.6 is 0 Å². The maximum Gasteiger partial charge on any atom is 0.411 e. The molecule has 0 bridgehead atoms. The summed E-state index contributed by atoms with van der Waals surface area (Å²) in [6.45, 7) is 7.79. The molecule has 0 spiro atoms. The van der Waals surface area contributed by atoms with Crippen LogP contribution in [0.5, 0.6) is 0 Å². The van der Waals surface area contributed by atoms with Crippen molar-refractivity contribution in [1.29, 1.82) is 0 Å². The highest BCUT2D eigenvalue weighted by Crippen LogP contribution is 2.24. The summed E-state index contributed by atoms with van der Waals surface area (Å²) < 4.78 is 10.5. The number of benzene rings is 1. The van der Waals surface area contributed by atoms with Crippen molar-refractivity contribution < 1.29 is 19.1 Å². The molecule has 7 nitrogen and oxygen atoms in total. The van der Waals surface area contributed by atoms with E-state index in [2.05, 4.69) is 10.6 Å². The number of nitrogens with zero attached hydrogens (tertiary/aromatic N) is 1. The van der Waals surface area contributed by atoms with E-state index < -0.39 is 6.09 Å². The molecule has 1 saturated heterocycles. The van der Waals surface area contributed by atoms with Crippen molar-refractivity contribution in [3.63, 3.8) is 0 Å². The topological polar surface area (TPSA) is 79.9 Å². The second kappa shape index (κ2) is 9.27. The molecule has 0 aromatic heterocycles. The molecule has 1 fully saturated rings. The van der Waals surface area contributed by atoms with E-state index in [0.717, 1.165) is 25.0 Å². The zero-order valence-electron chi connectivity index (χ0n) is 15.1. The zero-order chi connectivity index (χ0) is 18.2. The Morgan fingerprint density at radius 2 is 2.00 bits per heavy atom. The van der Waals surface area contributed by atoms with Gasteiger partial charge < -0.3 is 19.7 Å². The second-order valence-electron chi connectivity index (χ2n) is 5.93. The molecule has 2 rings (SSSR count). The van der Waals surface area contributed by atoms with E-state index in [-0.39, 0.29) is 12.1 Å². The molecule has 2 N–H and O–H groups in total. The van der Waals surface area contributed by atoms with Gasteiger partial charge in [0.1, 0.15) is 0 Å². The summed E-state index contributed by atoms with van der Waals surface area (Å²) in [5, 5.41) is 5.60. The van der Waals surface area contributed by atoms with Gasteiger partial charge in [0.25, 0.3) is 0 Å². The molecule has 25 heavy (non-hydrogen) atoms. The molecule has 0 aliphatic carbocycles. The van der Waals surface area contributed by atoms with E-state index in [1.807, 2.05) is 19.9 Å². The number of ether oxygens (including phenoxy) is 2. The number of hydrogen-bond acceptors (Lipinski definition) is 4. The fourth-order valence-corrected chi connectivity index (χ4v) is 2.77. The number of nitrogens with one attached hydrogen (secondary N) is 2. The molecule has 138 valence electrons. The summed E-state index contributed by atoms with van der Waals surface area (Å²) in [6.07, 6.45) is 1.64. The van der Waals surface area contributed by atoms with E-state index in [0.29, 0.717) is 31.1 Å². The summed E-state index contributed by atoms with van der Waals surface area (Å²) in [5.74, 6) is 0. The molecule has 0 radical (unpaired) electrons. The molecule has 1 aromatic carbocycles. The van der Waals surface area contributed by atoms with E-state index in [1.54, 1.807) is 24.0 Å². The Balaban J connectivity index is 2.02. The highest BCUT2D eigenvalue weighted by molar-refractivity contribution is 5.93. The van der Waals surface area contributed by atoms with Crippen LogP contribution in [0.15, 0.2) is 18.2 Å². The van der Waals surface area contributed by atoms with Crippen molar-refractivity contribution >= 4 is 23.5 Å². The first-order valence-corrected chi connectivity index (χ1v) is 8.76. The lowest BCUT2D eigenvalue weighted by molar-refractivity contribution is 0.0849. The molecule has 7 heteroatoms. The molecule has 1 atom stereocenters. The van der Waals surface area contributed by atoms with Gasteiger partial charge in [0.05, 0.1) is 12.7 Å². The molecule has 1 aliphatic rings. The normalized spacial score (nSPS) is 16.4. The van der Waals surface area contributed by atoms with Gasteiger partial charge in [-0.3, -0.25) is 5.32 Å². The van der Waals surface area contributed by atoms with Gasteiger partial charge in [-0.1, -0.05) is 6.07 Å². The van der Waals surface area contributed by atoms with Crippen molar-refractivity contribution in [2.24, 2.45) is 0 Å². The second-order valence-corrected chi connectivity index (χ2v) is 5.93. The maximum absolute atomic E-state index is 12.6. The van der Waals surface area contributed by atoms with E-state index in [4.69, 9.17) is 9.47 Å². The highest BCUT2D eigenvalue weighted by atomic mass is 16.5. The number of carbonyl (C=O) groups is 2. The first-order chi connectivity index (χ1) is 12.0. The average Bonchev–Trinajstić information content (AvgIpc) is 3.09. The lowest BCUT2D eigenvalue weighted by Crippen LogP contribution is -2.40. The predicted octanol–water partition coefficient (Wildman–Crippen LogP) is 3.60. The Hall–Kier alpha value is -2.28.